The Kier molecular flexibility index (Phi) is 7.22. The van der Waals surface area contributed by atoms with Gasteiger partial charge in [-0.15, -0.1) is 0 Å². The predicted octanol–water partition coefficient (Wildman–Crippen LogP) is 2.80. The lowest BCUT2D eigenvalue weighted by Crippen LogP contribution is -2.47. The molecule has 2 N–H and O–H groups in total. The number of nitrogens with one attached hydrogen (secondary N) is 2. The van der Waals surface area contributed by atoms with Gasteiger partial charge in [-0.2, -0.15) is 0 Å². The lowest BCUT2D eigenvalue weighted by atomic mass is 9.91. The molecule has 1 fully saturated rings. The molecule has 1 aliphatic rings. The maximum atomic E-state index is 13.1. The van der Waals surface area contributed by atoms with E-state index in [0.717, 1.165) is 12.0 Å². The summed E-state index contributed by atoms with van der Waals surface area (Å²) in [6, 6.07) is 8.96. The second kappa shape index (κ2) is 9.22. The van der Waals surface area contributed by atoms with Crippen LogP contribution in [0.15, 0.2) is 30.3 Å². The van der Waals surface area contributed by atoms with Crippen LogP contribution in [-0.2, 0) is 14.4 Å². The van der Waals surface area contributed by atoms with E-state index in [1.165, 1.54) is 6.92 Å². The van der Waals surface area contributed by atoms with Crippen LogP contribution in [0.5, 0.6) is 0 Å². The van der Waals surface area contributed by atoms with Crippen molar-refractivity contribution in [1.29, 1.82) is 0 Å². The molecule has 0 bridgehead atoms. The molecule has 0 unspecified atom stereocenters. The van der Waals surface area contributed by atoms with Crippen molar-refractivity contribution < 1.29 is 14.4 Å². The van der Waals surface area contributed by atoms with Crippen LogP contribution in [0.3, 0.4) is 0 Å². The molecule has 2 rings (SSSR count). The molecule has 1 saturated heterocycles. The number of rotatable bonds is 6. The zero-order chi connectivity index (χ0) is 20.9. The molecule has 1 aromatic rings. The van der Waals surface area contributed by atoms with E-state index in [0.29, 0.717) is 19.4 Å². The highest BCUT2D eigenvalue weighted by atomic mass is 16.2. The number of carbonyl (C=O) groups excluding carboxylic acids is 3. The van der Waals surface area contributed by atoms with Gasteiger partial charge >= 0.3 is 0 Å². The van der Waals surface area contributed by atoms with Crippen molar-refractivity contribution in [2.75, 3.05) is 6.54 Å². The van der Waals surface area contributed by atoms with E-state index in [1.807, 2.05) is 58.0 Å². The minimum Gasteiger partial charge on any atom is -0.352 e. The second-order valence-electron chi connectivity index (χ2n) is 8.81. The second-order valence-corrected chi connectivity index (χ2v) is 8.81. The third-order valence-corrected chi connectivity index (χ3v) is 4.94. The summed E-state index contributed by atoms with van der Waals surface area (Å²) in [5.74, 6) is -0.357. The molecular formula is C22H33N3O3. The summed E-state index contributed by atoms with van der Waals surface area (Å²) in [5, 5.41) is 5.96. The van der Waals surface area contributed by atoms with E-state index >= 15 is 0 Å². The third kappa shape index (κ3) is 6.08. The largest absolute Gasteiger partial charge is 0.352 e. The number of hydrogen-bond donors (Lipinski definition) is 2. The Bertz CT molecular complexity index is 697. The highest BCUT2D eigenvalue weighted by molar-refractivity contribution is 5.89. The summed E-state index contributed by atoms with van der Waals surface area (Å²) < 4.78 is 0. The average molecular weight is 388 g/mol. The Morgan fingerprint density at radius 1 is 1.18 bits per heavy atom. The van der Waals surface area contributed by atoms with Crippen LogP contribution < -0.4 is 10.6 Å². The quantitative estimate of drug-likeness (QED) is 0.788. The molecule has 3 atom stereocenters. The summed E-state index contributed by atoms with van der Waals surface area (Å²) in [4.78, 5) is 39.1. The summed E-state index contributed by atoms with van der Waals surface area (Å²) in [6.07, 6.45) is 1.56. The van der Waals surface area contributed by atoms with E-state index in [-0.39, 0.29) is 35.2 Å². The first kappa shape index (κ1) is 21.9. The number of carbonyl (C=O) groups is 3. The van der Waals surface area contributed by atoms with Crippen molar-refractivity contribution in [3.63, 3.8) is 0 Å². The van der Waals surface area contributed by atoms with Crippen LogP contribution in [0, 0.1) is 5.41 Å². The predicted molar refractivity (Wildman–Crippen MR) is 109 cm³/mol. The van der Waals surface area contributed by atoms with Crippen molar-refractivity contribution in [3.8, 4) is 0 Å². The number of nitrogens with zero attached hydrogens (tertiary/aromatic N) is 1. The SMILES string of the molecule is CC[C@@H](NC(=O)[C@@H]1C[C@H](NC(C)=O)CN1C(=O)CC(C)(C)C)c1ccccc1. The number of hydrogen-bond acceptors (Lipinski definition) is 3. The number of likely N-dealkylation sites (tertiary alicyclic amines) is 1. The maximum Gasteiger partial charge on any atom is 0.243 e. The topological polar surface area (TPSA) is 78.5 Å². The van der Waals surface area contributed by atoms with Crippen molar-refractivity contribution in [2.45, 2.75) is 72.0 Å². The minimum atomic E-state index is -0.565. The summed E-state index contributed by atoms with van der Waals surface area (Å²) in [5.41, 5.74) is 0.877. The average Bonchev–Trinajstić information content (AvgIpc) is 3.02. The fourth-order valence-electron chi connectivity index (χ4n) is 3.68. The zero-order valence-corrected chi connectivity index (χ0v) is 17.6. The van der Waals surface area contributed by atoms with Gasteiger partial charge in [-0.25, -0.2) is 0 Å². The summed E-state index contributed by atoms with van der Waals surface area (Å²) in [6.45, 7) is 9.86. The molecule has 0 aliphatic carbocycles. The van der Waals surface area contributed by atoms with E-state index in [4.69, 9.17) is 0 Å². The van der Waals surface area contributed by atoms with E-state index < -0.39 is 6.04 Å². The molecular weight excluding hydrogens is 354 g/mol. The van der Waals surface area contributed by atoms with Crippen LogP contribution in [0.25, 0.3) is 0 Å². The lowest BCUT2D eigenvalue weighted by molar-refractivity contribution is -0.140. The van der Waals surface area contributed by atoms with Gasteiger partial charge in [0.05, 0.1) is 6.04 Å². The molecule has 154 valence electrons. The molecule has 1 aliphatic heterocycles. The van der Waals surface area contributed by atoms with Gasteiger partial charge in [0.2, 0.25) is 17.7 Å². The number of amides is 3. The Morgan fingerprint density at radius 2 is 1.82 bits per heavy atom. The van der Waals surface area contributed by atoms with E-state index in [1.54, 1.807) is 4.90 Å². The molecule has 1 heterocycles. The lowest BCUT2D eigenvalue weighted by Gasteiger charge is -2.28. The third-order valence-electron chi connectivity index (χ3n) is 4.94. The highest BCUT2D eigenvalue weighted by Crippen LogP contribution is 2.26. The fraction of sp³-hybridized carbons (Fsp3) is 0.591. The summed E-state index contributed by atoms with van der Waals surface area (Å²) in [7, 11) is 0. The Morgan fingerprint density at radius 3 is 2.36 bits per heavy atom. The Labute approximate surface area is 168 Å². The smallest absolute Gasteiger partial charge is 0.243 e. The van der Waals surface area contributed by atoms with Gasteiger partial charge in [-0.05, 0) is 23.8 Å². The van der Waals surface area contributed by atoms with Gasteiger partial charge in [-0.3, -0.25) is 14.4 Å². The van der Waals surface area contributed by atoms with Gasteiger partial charge in [0.25, 0.3) is 0 Å². The monoisotopic (exact) mass is 387 g/mol. The van der Waals surface area contributed by atoms with Gasteiger partial charge in [0.15, 0.2) is 0 Å². The molecule has 6 heteroatoms. The van der Waals surface area contributed by atoms with Crippen LogP contribution in [0.4, 0.5) is 0 Å². The van der Waals surface area contributed by atoms with Gasteiger partial charge in [0, 0.05) is 25.9 Å². The van der Waals surface area contributed by atoms with Gasteiger partial charge in [-0.1, -0.05) is 58.0 Å². The normalized spacial score (nSPS) is 20.5. The zero-order valence-electron chi connectivity index (χ0n) is 17.6. The van der Waals surface area contributed by atoms with E-state index in [9.17, 15) is 14.4 Å². The molecule has 3 amide bonds. The van der Waals surface area contributed by atoms with Crippen molar-refractivity contribution in [1.82, 2.24) is 15.5 Å². The molecule has 28 heavy (non-hydrogen) atoms. The molecule has 6 nitrogen and oxygen atoms in total. The molecule has 0 radical (unpaired) electrons. The fourth-order valence-corrected chi connectivity index (χ4v) is 3.68. The summed E-state index contributed by atoms with van der Waals surface area (Å²) >= 11 is 0. The van der Waals surface area contributed by atoms with Gasteiger partial charge in [0.1, 0.15) is 6.04 Å². The van der Waals surface area contributed by atoms with Crippen molar-refractivity contribution in [3.05, 3.63) is 35.9 Å². The first-order valence-electron chi connectivity index (χ1n) is 10.0. The minimum absolute atomic E-state index is 0.0479. The van der Waals surface area contributed by atoms with E-state index in [2.05, 4.69) is 10.6 Å². The first-order chi connectivity index (χ1) is 13.1. The molecule has 0 spiro atoms. The van der Waals surface area contributed by atoms with Crippen LogP contribution >= 0.6 is 0 Å². The van der Waals surface area contributed by atoms with Crippen molar-refractivity contribution in [2.24, 2.45) is 5.41 Å². The Balaban J connectivity index is 2.16. The standard InChI is InChI=1S/C22H33N3O3/c1-6-18(16-10-8-7-9-11-16)24-21(28)19-12-17(23-15(2)26)14-25(19)20(27)13-22(3,4)5/h7-11,17-19H,6,12-14H2,1-5H3,(H,23,26)(H,24,28)/t17-,18+,19-/m0/s1. The van der Waals surface area contributed by atoms with Crippen LogP contribution in [0.2, 0.25) is 0 Å². The van der Waals surface area contributed by atoms with Gasteiger partial charge < -0.3 is 15.5 Å². The van der Waals surface area contributed by atoms with Crippen LogP contribution in [-0.4, -0.2) is 41.2 Å². The number of benzene rings is 1. The molecule has 1 aromatic carbocycles. The first-order valence-corrected chi connectivity index (χ1v) is 10.0. The molecule has 0 saturated carbocycles. The maximum absolute atomic E-state index is 13.1. The van der Waals surface area contributed by atoms with Crippen LogP contribution in [0.1, 0.15) is 65.5 Å². The molecule has 0 aromatic heterocycles. The Hall–Kier alpha value is -2.37. The van der Waals surface area contributed by atoms with Crippen molar-refractivity contribution >= 4 is 17.7 Å². The highest BCUT2D eigenvalue weighted by Gasteiger charge is 2.41.